The quantitative estimate of drug-likeness (QED) is 0.289. The topological polar surface area (TPSA) is 89.7 Å². The Kier molecular flexibility index (Phi) is 5.52. The number of carbonyl (C=O) groups excluding carboxylic acids is 2. The minimum Gasteiger partial charge on any atom is -0.457 e. The maximum Gasteiger partial charge on any atom is 0.350 e. The highest BCUT2D eigenvalue weighted by molar-refractivity contribution is 7.17. The van der Waals surface area contributed by atoms with E-state index in [1.54, 1.807) is 13.0 Å². The van der Waals surface area contributed by atoms with Crippen molar-refractivity contribution in [1.82, 2.24) is 4.98 Å². The Morgan fingerprint density at radius 2 is 2.03 bits per heavy atom. The average molecular weight is 494 g/mol. The third-order valence-corrected chi connectivity index (χ3v) is 6.68. The number of aromatic nitrogens is 1. The number of ether oxygens (including phenoxy) is 1. The standard InChI is InChI=1S/C25H16F2N2O5S/c1-3-10-33-24(32)22-12(2)28-25(35-22)29-19(14-6-4-5-7-16(14)27)18-20(30)15-11-13(26)8-9-17(15)34-21(18)23(29)31/h3-9,11,19H,1,10H2,2H3/t19-/m1/s1. The Morgan fingerprint density at radius 1 is 1.26 bits per heavy atom. The summed E-state index contributed by atoms with van der Waals surface area (Å²) in [6.07, 6.45) is 1.41. The molecule has 4 aromatic rings. The molecule has 7 nitrogen and oxygen atoms in total. The number of thiazole rings is 1. The summed E-state index contributed by atoms with van der Waals surface area (Å²) < 4.78 is 39.7. The van der Waals surface area contributed by atoms with E-state index in [1.165, 1.54) is 30.3 Å². The first-order valence-electron chi connectivity index (χ1n) is 10.4. The molecule has 1 amide bonds. The van der Waals surface area contributed by atoms with E-state index >= 15 is 0 Å². The van der Waals surface area contributed by atoms with Crippen LogP contribution in [-0.4, -0.2) is 23.5 Å². The van der Waals surface area contributed by atoms with Crippen LogP contribution in [0.25, 0.3) is 11.0 Å². The van der Waals surface area contributed by atoms with E-state index in [-0.39, 0.29) is 44.5 Å². The van der Waals surface area contributed by atoms with Gasteiger partial charge in [-0.05, 0) is 31.2 Å². The van der Waals surface area contributed by atoms with Crippen molar-refractivity contribution < 1.29 is 27.5 Å². The molecule has 3 heterocycles. The Hall–Kier alpha value is -4.18. The lowest BCUT2D eigenvalue weighted by molar-refractivity contribution is 0.0554. The van der Waals surface area contributed by atoms with Crippen molar-refractivity contribution in [3.8, 4) is 0 Å². The van der Waals surface area contributed by atoms with Gasteiger partial charge < -0.3 is 9.15 Å². The number of rotatable bonds is 5. The van der Waals surface area contributed by atoms with Gasteiger partial charge in [-0.15, -0.1) is 0 Å². The molecule has 2 aromatic heterocycles. The van der Waals surface area contributed by atoms with Gasteiger partial charge in [0.25, 0.3) is 5.91 Å². The van der Waals surface area contributed by atoms with Gasteiger partial charge in [0.15, 0.2) is 10.6 Å². The molecular weight excluding hydrogens is 478 g/mol. The largest absolute Gasteiger partial charge is 0.457 e. The molecule has 35 heavy (non-hydrogen) atoms. The van der Waals surface area contributed by atoms with Gasteiger partial charge in [-0.1, -0.05) is 42.2 Å². The zero-order chi connectivity index (χ0) is 24.9. The van der Waals surface area contributed by atoms with Gasteiger partial charge in [-0.3, -0.25) is 14.5 Å². The first-order valence-corrected chi connectivity index (χ1v) is 11.2. The molecule has 0 bridgehead atoms. The van der Waals surface area contributed by atoms with E-state index in [1.807, 2.05) is 0 Å². The summed E-state index contributed by atoms with van der Waals surface area (Å²) in [6, 6.07) is 7.79. The van der Waals surface area contributed by atoms with E-state index in [9.17, 15) is 23.2 Å². The maximum absolute atomic E-state index is 15.0. The van der Waals surface area contributed by atoms with Crippen molar-refractivity contribution in [1.29, 1.82) is 0 Å². The molecule has 0 spiro atoms. The number of aryl methyl sites for hydroxylation is 1. The second-order valence-corrected chi connectivity index (χ2v) is 8.69. The fourth-order valence-corrected chi connectivity index (χ4v) is 5.00. The lowest BCUT2D eigenvalue weighted by Crippen LogP contribution is -2.30. The van der Waals surface area contributed by atoms with Crippen LogP contribution in [0.2, 0.25) is 0 Å². The van der Waals surface area contributed by atoms with Crippen molar-refractivity contribution in [2.45, 2.75) is 13.0 Å². The fourth-order valence-electron chi connectivity index (χ4n) is 4.01. The van der Waals surface area contributed by atoms with Crippen LogP contribution in [-0.2, 0) is 4.74 Å². The summed E-state index contributed by atoms with van der Waals surface area (Å²) in [5.74, 6) is -3.03. The molecular formula is C25H16F2N2O5S. The van der Waals surface area contributed by atoms with Crippen LogP contribution in [0.1, 0.15) is 43.1 Å². The zero-order valence-electron chi connectivity index (χ0n) is 18.2. The predicted octanol–water partition coefficient (Wildman–Crippen LogP) is 4.93. The number of anilines is 1. The molecule has 0 aliphatic carbocycles. The van der Waals surface area contributed by atoms with Crippen molar-refractivity contribution in [2.24, 2.45) is 0 Å². The van der Waals surface area contributed by atoms with Gasteiger partial charge >= 0.3 is 5.97 Å². The van der Waals surface area contributed by atoms with Gasteiger partial charge in [0.2, 0.25) is 5.76 Å². The molecule has 0 saturated carbocycles. The van der Waals surface area contributed by atoms with Crippen LogP contribution >= 0.6 is 11.3 Å². The Morgan fingerprint density at radius 3 is 2.77 bits per heavy atom. The summed E-state index contributed by atoms with van der Waals surface area (Å²) in [4.78, 5) is 45.1. The fraction of sp³-hybridized carbons (Fsp3) is 0.120. The van der Waals surface area contributed by atoms with Crippen molar-refractivity contribution >= 4 is 39.3 Å². The highest BCUT2D eigenvalue weighted by atomic mass is 32.1. The predicted molar refractivity (Wildman–Crippen MR) is 125 cm³/mol. The number of fused-ring (bicyclic) bond motifs is 2. The third kappa shape index (κ3) is 3.62. The number of hydrogen-bond acceptors (Lipinski definition) is 7. The van der Waals surface area contributed by atoms with Gasteiger partial charge in [-0.2, -0.15) is 0 Å². The second kappa shape index (κ2) is 8.55. The van der Waals surface area contributed by atoms with E-state index in [0.717, 1.165) is 28.4 Å². The Bertz CT molecular complexity index is 1590. The number of esters is 1. The molecule has 176 valence electrons. The number of hydrogen-bond donors (Lipinski definition) is 0. The van der Waals surface area contributed by atoms with E-state index in [4.69, 9.17) is 9.15 Å². The number of benzene rings is 2. The highest BCUT2D eigenvalue weighted by Gasteiger charge is 2.46. The van der Waals surface area contributed by atoms with Gasteiger partial charge in [0.05, 0.1) is 16.6 Å². The molecule has 0 N–H and O–H groups in total. The van der Waals surface area contributed by atoms with E-state index in [0.29, 0.717) is 5.69 Å². The van der Waals surface area contributed by atoms with Crippen LogP contribution in [0.5, 0.6) is 0 Å². The molecule has 10 heteroatoms. The molecule has 1 aliphatic rings. The van der Waals surface area contributed by atoms with E-state index in [2.05, 4.69) is 11.6 Å². The molecule has 1 atom stereocenters. The summed E-state index contributed by atoms with van der Waals surface area (Å²) in [5.41, 5.74) is -0.472. The van der Waals surface area contributed by atoms with Crippen molar-refractivity contribution in [3.63, 3.8) is 0 Å². The third-order valence-electron chi connectivity index (χ3n) is 5.54. The number of amides is 1. The molecule has 0 saturated heterocycles. The summed E-state index contributed by atoms with van der Waals surface area (Å²) >= 11 is 0.866. The molecule has 2 aromatic carbocycles. The van der Waals surface area contributed by atoms with Crippen LogP contribution < -0.4 is 10.3 Å². The van der Waals surface area contributed by atoms with Crippen LogP contribution in [0.3, 0.4) is 0 Å². The van der Waals surface area contributed by atoms with E-state index < -0.39 is 35.0 Å². The Balaban J connectivity index is 1.74. The first-order chi connectivity index (χ1) is 16.8. The smallest absolute Gasteiger partial charge is 0.350 e. The van der Waals surface area contributed by atoms with Gasteiger partial charge in [0.1, 0.15) is 34.7 Å². The van der Waals surface area contributed by atoms with Crippen LogP contribution in [0, 0.1) is 18.6 Å². The Labute approximate surface area is 200 Å². The number of carbonyl (C=O) groups is 2. The highest BCUT2D eigenvalue weighted by Crippen LogP contribution is 2.43. The average Bonchev–Trinajstić information content (AvgIpc) is 3.36. The molecule has 1 aliphatic heterocycles. The monoisotopic (exact) mass is 494 g/mol. The zero-order valence-corrected chi connectivity index (χ0v) is 19.0. The number of nitrogens with zero attached hydrogens (tertiary/aromatic N) is 2. The van der Waals surface area contributed by atoms with Crippen molar-refractivity contribution in [3.05, 3.63) is 104 Å². The SMILES string of the molecule is C=CCOC(=O)c1sc(N2C(=O)c3oc4ccc(F)cc4c(=O)c3[C@H]2c2ccccc2F)nc1C. The molecule has 0 unspecified atom stereocenters. The summed E-state index contributed by atoms with van der Waals surface area (Å²) in [7, 11) is 0. The maximum atomic E-state index is 15.0. The van der Waals surface area contributed by atoms with Crippen molar-refractivity contribution in [2.75, 3.05) is 11.5 Å². The lowest BCUT2D eigenvalue weighted by atomic mass is 9.98. The molecule has 5 rings (SSSR count). The molecule has 0 radical (unpaired) electrons. The van der Waals surface area contributed by atoms with Crippen LogP contribution in [0.15, 0.2) is 64.3 Å². The minimum absolute atomic E-state index is 0.0149. The second-order valence-electron chi connectivity index (χ2n) is 7.71. The van der Waals surface area contributed by atoms with Crippen LogP contribution in [0.4, 0.5) is 13.9 Å². The van der Waals surface area contributed by atoms with Gasteiger partial charge in [0, 0.05) is 5.56 Å². The summed E-state index contributed by atoms with van der Waals surface area (Å²) in [5, 5.41) is -0.0314. The van der Waals surface area contributed by atoms with Gasteiger partial charge in [-0.25, -0.2) is 18.6 Å². The normalized spacial score (nSPS) is 14.9. The first kappa shape index (κ1) is 22.6. The summed E-state index contributed by atoms with van der Waals surface area (Å²) in [6.45, 7) is 5.05. The molecule has 0 fully saturated rings. The minimum atomic E-state index is -1.25. The number of halogens is 2. The lowest BCUT2D eigenvalue weighted by Gasteiger charge is -2.22.